The molecular weight excluding hydrogens is 248 g/mol. The quantitative estimate of drug-likeness (QED) is 0.887. The van der Waals surface area contributed by atoms with Crippen molar-refractivity contribution in [2.75, 3.05) is 6.61 Å². The summed E-state index contributed by atoms with van der Waals surface area (Å²) in [5.74, 6) is 1.12. The number of ether oxygens (including phenoxy) is 1. The van der Waals surface area contributed by atoms with Gasteiger partial charge in [-0.3, -0.25) is 0 Å². The molecule has 18 heavy (non-hydrogen) atoms. The van der Waals surface area contributed by atoms with Gasteiger partial charge in [-0.25, -0.2) is 4.98 Å². The van der Waals surface area contributed by atoms with Crippen LogP contribution in [0.2, 0.25) is 5.02 Å². The minimum Gasteiger partial charge on any atom is -0.477 e. The van der Waals surface area contributed by atoms with Gasteiger partial charge < -0.3 is 10.1 Å². The second-order valence-corrected chi connectivity index (χ2v) is 6.29. The van der Waals surface area contributed by atoms with Crippen molar-refractivity contribution < 1.29 is 4.74 Å². The maximum atomic E-state index is 6.13. The highest BCUT2D eigenvalue weighted by molar-refractivity contribution is 6.31. The number of aromatic nitrogens is 1. The van der Waals surface area contributed by atoms with E-state index in [0.717, 1.165) is 5.69 Å². The lowest BCUT2D eigenvalue weighted by Gasteiger charge is -2.20. The van der Waals surface area contributed by atoms with Crippen LogP contribution in [0, 0.1) is 5.92 Å². The van der Waals surface area contributed by atoms with Crippen molar-refractivity contribution in [1.29, 1.82) is 0 Å². The Hall–Kier alpha value is -0.800. The molecule has 1 N–H and O–H groups in total. The summed E-state index contributed by atoms with van der Waals surface area (Å²) < 4.78 is 5.60. The second kappa shape index (κ2) is 6.39. The lowest BCUT2D eigenvalue weighted by molar-refractivity contribution is 0.260. The van der Waals surface area contributed by atoms with Crippen molar-refractivity contribution in [3.8, 4) is 5.88 Å². The fraction of sp³-hybridized carbons (Fsp3) is 0.643. The monoisotopic (exact) mass is 270 g/mol. The average molecular weight is 271 g/mol. The van der Waals surface area contributed by atoms with Gasteiger partial charge in [-0.1, -0.05) is 25.4 Å². The van der Waals surface area contributed by atoms with E-state index in [2.05, 4.69) is 44.9 Å². The third-order valence-electron chi connectivity index (χ3n) is 2.24. The summed E-state index contributed by atoms with van der Waals surface area (Å²) in [5.41, 5.74) is 0.868. The Kier molecular flexibility index (Phi) is 5.42. The van der Waals surface area contributed by atoms with Crippen molar-refractivity contribution in [1.82, 2.24) is 10.3 Å². The first-order valence-corrected chi connectivity index (χ1v) is 6.69. The maximum Gasteiger partial charge on any atom is 0.213 e. The van der Waals surface area contributed by atoms with E-state index in [-0.39, 0.29) is 5.54 Å². The zero-order valence-corrected chi connectivity index (χ0v) is 12.6. The Bertz CT molecular complexity index is 386. The van der Waals surface area contributed by atoms with Crippen molar-refractivity contribution in [3.05, 3.63) is 22.8 Å². The predicted molar refractivity (Wildman–Crippen MR) is 76.2 cm³/mol. The standard InChI is InChI=1S/C14H23ClN2O/c1-10(2)9-18-13-7-6-11(15)12(17-13)8-16-14(3,4)5/h6-7,10,16H,8-9H2,1-5H3. The number of hydrogen-bond donors (Lipinski definition) is 1. The molecule has 0 unspecified atom stereocenters. The highest BCUT2D eigenvalue weighted by Gasteiger charge is 2.11. The van der Waals surface area contributed by atoms with Crippen LogP contribution in [-0.2, 0) is 6.54 Å². The number of pyridine rings is 1. The van der Waals surface area contributed by atoms with Gasteiger partial charge in [0.2, 0.25) is 5.88 Å². The van der Waals surface area contributed by atoms with Crippen LogP contribution in [0.3, 0.4) is 0 Å². The molecule has 0 radical (unpaired) electrons. The van der Waals surface area contributed by atoms with Gasteiger partial charge in [0.25, 0.3) is 0 Å². The lowest BCUT2D eigenvalue weighted by atomic mass is 10.1. The molecule has 0 saturated heterocycles. The number of halogens is 1. The van der Waals surface area contributed by atoms with Crippen LogP contribution >= 0.6 is 11.6 Å². The summed E-state index contributed by atoms with van der Waals surface area (Å²) in [6.45, 7) is 11.9. The molecule has 0 aromatic carbocycles. The largest absolute Gasteiger partial charge is 0.477 e. The zero-order chi connectivity index (χ0) is 13.8. The SMILES string of the molecule is CC(C)COc1ccc(Cl)c(CNC(C)(C)C)n1. The molecule has 0 fully saturated rings. The first-order chi connectivity index (χ1) is 8.28. The van der Waals surface area contributed by atoms with Crippen molar-refractivity contribution >= 4 is 11.6 Å². The Labute approximate surface area is 115 Å². The van der Waals surface area contributed by atoms with E-state index in [4.69, 9.17) is 16.3 Å². The molecule has 0 aliphatic rings. The third-order valence-corrected chi connectivity index (χ3v) is 2.59. The fourth-order valence-electron chi connectivity index (χ4n) is 1.27. The van der Waals surface area contributed by atoms with E-state index < -0.39 is 0 Å². The summed E-state index contributed by atoms with van der Waals surface area (Å²) >= 11 is 6.13. The van der Waals surface area contributed by atoms with Crippen molar-refractivity contribution in [2.45, 2.75) is 46.7 Å². The maximum absolute atomic E-state index is 6.13. The van der Waals surface area contributed by atoms with Gasteiger partial charge in [0.1, 0.15) is 0 Å². The van der Waals surface area contributed by atoms with Crippen LogP contribution in [0.5, 0.6) is 5.88 Å². The molecule has 0 spiro atoms. The van der Waals surface area contributed by atoms with Crippen LogP contribution in [0.15, 0.2) is 12.1 Å². The van der Waals surface area contributed by atoms with Gasteiger partial charge in [-0.15, -0.1) is 0 Å². The van der Waals surface area contributed by atoms with E-state index >= 15 is 0 Å². The average Bonchev–Trinajstić information content (AvgIpc) is 2.25. The summed E-state index contributed by atoms with van der Waals surface area (Å²) in [5, 5.41) is 4.04. The van der Waals surface area contributed by atoms with E-state index in [1.54, 1.807) is 0 Å². The Morgan fingerprint density at radius 2 is 2.00 bits per heavy atom. The molecule has 0 atom stereocenters. The second-order valence-electron chi connectivity index (χ2n) is 5.89. The molecule has 4 heteroatoms. The van der Waals surface area contributed by atoms with Crippen LogP contribution in [0.1, 0.15) is 40.3 Å². The van der Waals surface area contributed by atoms with Gasteiger partial charge in [0, 0.05) is 18.2 Å². The zero-order valence-electron chi connectivity index (χ0n) is 11.9. The normalized spacial score (nSPS) is 11.9. The summed E-state index contributed by atoms with van der Waals surface area (Å²) in [4.78, 5) is 4.43. The number of hydrogen-bond acceptors (Lipinski definition) is 3. The molecule has 1 rings (SSSR count). The summed E-state index contributed by atoms with van der Waals surface area (Å²) in [6, 6.07) is 3.65. The Morgan fingerprint density at radius 1 is 1.33 bits per heavy atom. The minimum atomic E-state index is 0.0415. The van der Waals surface area contributed by atoms with Gasteiger partial charge in [-0.2, -0.15) is 0 Å². The predicted octanol–water partition coefficient (Wildman–Crippen LogP) is 3.66. The van der Waals surface area contributed by atoms with Crippen LogP contribution in [0.25, 0.3) is 0 Å². The molecular formula is C14H23ClN2O. The minimum absolute atomic E-state index is 0.0415. The number of rotatable bonds is 5. The van der Waals surface area contributed by atoms with Gasteiger partial charge in [0.15, 0.2) is 0 Å². The van der Waals surface area contributed by atoms with E-state index in [9.17, 15) is 0 Å². The van der Waals surface area contributed by atoms with Gasteiger partial charge in [-0.05, 0) is 32.8 Å². The number of nitrogens with zero attached hydrogens (tertiary/aromatic N) is 1. The molecule has 0 aliphatic heterocycles. The van der Waals surface area contributed by atoms with Crippen LogP contribution in [0.4, 0.5) is 0 Å². The molecule has 1 aromatic rings. The number of nitrogens with one attached hydrogen (secondary N) is 1. The molecule has 1 aromatic heterocycles. The van der Waals surface area contributed by atoms with Gasteiger partial charge in [0.05, 0.1) is 17.3 Å². The lowest BCUT2D eigenvalue weighted by Crippen LogP contribution is -2.35. The summed E-state index contributed by atoms with van der Waals surface area (Å²) in [6.07, 6.45) is 0. The highest BCUT2D eigenvalue weighted by atomic mass is 35.5. The smallest absolute Gasteiger partial charge is 0.213 e. The van der Waals surface area contributed by atoms with E-state index in [1.807, 2.05) is 12.1 Å². The first-order valence-electron chi connectivity index (χ1n) is 6.31. The van der Waals surface area contributed by atoms with Crippen LogP contribution < -0.4 is 10.1 Å². The molecule has 0 aliphatic carbocycles. The Balaban J connectivity index is 2.69. The molecule has 1 heterocycles. The molecule has 0 saturated carbocycles. The van der Waals surface area contributed by atoms with Gasteiger partial charge >= 0.3 is 0 Å². The highest BCUT2D eigenvalue weighted by Crippen LogP contribution is 2.19. The first kappa shape index (κ1) is 15.3. The topological polar surface area (TPSA) is 34.1 Å². The molecule has 102 valence electrons. The fourth-order valence-corrected chi connectivity index (χ4v) is 1.44. The Morgan fingerprint density at radius 3 is 2.56 bits per heavy atom. The summed E-state index contributed by atoms with van der Waals surface area (Å²) in [7, 11) is 0. The molecule has 0 bridgehead atoms. The van der Waals surface area contributed by atoms with E-state index in [0.29, 0.717) is 30.0 Å². The molecule has 0 amide bonds. The van der Waals surface area contributed by atoms with Crippen molar-refractivity contribution in [2.24, 2.45) is 5.92 Å². The molecule has 3 nitrogen and oxygen atoms in total. The van der Waals surface area contributed by atoms with E-state index in [1.165, 1.54) is 0 Å². The van der Waals surface area contributed by atoms with Crippen molar-refractivity contribution in [3.63, 3.8) is 0 Å². The van der Waals surface area contributed by atoms with Crippen LogP contribution in [-0.4, -0.2) is 17.1 Å². The third kappa shape index (κ3) is 5.69.